The number of carboxylic acids is 1. The van der Waals surface area contributed by atoms with Crippen molar-refractivity contribution in [1.29, 1.82) is 0 Å². The van der Waals surface area contributed by atoms with Crippen LogP contribution < -0.4 is 10.6 Å². The van der Waals surface area contributed by atoms with Crippen LogP contribution in [0, 0.1) is 11.3 Å². The van der Waals surface area contributed by atoms with Gasteiger partial charge in [-0.2, -0.15) is 0 Å². The Balaban J connectivity index is 1.60. The maximum absolute atomic E-state index is 12.0. The van der Waals surface area contributed by atoms with Crippen molar-refractivity contribution in [2.24, 2.45) is 11.3 Å². The van der Waals surface area contributed by atoms with Crippen molar-refractivity contribution >= 4 is 12.0 Å². The summed E-state index contributed by atoms with van der Waals surface area (Å²) in [5.74, 6) is -0.189. The van der Waals surface area contributed by atoms with Gasteiger partial charge in [-0.25, -0.2) is 4.79 Å². The van der Waals surface area contributed by atoms with Gasteiger partial charge in [0.05, 0.1) is 6.54 Å². The van der Waals surface area contributed by atoms with Gasteiger partial charge in [0.1, 0.15) is 0 Å². The summed E-state index contributed by atoms with van der Waals surface area (Å²) in [6.45, 7) is 8.19. The van der Waals surface area contributed by atoms with Gasteiger partial charge in [-0.1, -0.05) is 20.8 Å². The van der Waals surface area contributed by atoms with E-state index in [1.165, 1.54) is 25.7 Å². The molecular formula is C18H33N3O3. The number of likely N-dealkylation sites (N-methyl/N-ethyl adjacent to an activating group) is 1. The lowest BCUT2D eigenvalue weighted by atomic mass is 9.73. The lowest BCUT2D eigenvalue weighted by molar-refractivity contribution is -0.139. The van der Waals surface area contributed by atoms with E-state index >= 15 is 0 Å². The van der Waals surface area contributed by atoms with Crippen LogP contribution in [0.25, 0.3) is 0 Å². The molecule has 0 spiro atoms. The quantitative estimate of drug-likeness (QED) is 0.665. The lowest BCUT2D eigenvalue weighted by Gasteiger charge is -2.42. The first kappa shape index (κ1) is 19.0. The molecular weight excluding hydrogens is 306 g/mol. The number of hydrogen-bond acceptors (Lipinski definition) is 3. The highest BCUT2D eigenvalue weighted by atomic mass is 16.4. The molecule has 2 aliphatic rings. The first-order valence-corrected chi connectivity index (χ1v) is 9.29. The molecule has 0 aliphatic heterocycles. The largest absolute Gasteiger partial charge is 0.480 e. The van der Waals surface area contributed by atoms with E-state index < -0.39 is 5.97 Å². The van der Waals surface area contributed by atoms with Crippen LogP contribution in [0.1, 0.15) is 59.3 Å². The molecule has 2 aliphatic carbocycles. The molecule has 0 saturated heterocycles. The smallest absolute Gasteiger partial charge is 0.317 e. The van der Waals surface area contributed by atoms with E-state index in [4.69, 9.17) is 5.11 Å². The van der Waals surface area contributed by atoms with Crippen molar-refractivity contribution in [3.63, 3.8) is 0 Å². The van der Waals surface area contributed by atoms with Crippen molar-refractivity contribution in [3.05, 3.63) is 0 Å². The summed E-state index contributed by atoms with van der Waals surface area (Å²) >= 11 is 0. The average Bonchev–Trinajstić information content (AvgIpc) is 2.47. The summed E-state index contributed by atoms with van der Waals surface area (Å²) in [6.07, 6.45) is 6.54. The van der Waals surface area contributed by atoms with E-state index in [1.54, 1.807) is 0 Å². The van der Waals surface area contributed by atoms with Crippen LogP contribution in [0.15, 0.2) is 0 Å². The van der Waals surface area contributed by atoms with Crippen molar-refractivity contribution in [2.45, 2.75) is 71.4 Å². The summed E-state index contributed by atoms with van der Waals surface area (Å²) in [4.78, 5) is 24.8. The summed E-state index contributed by atoms with van der Waals surface area (Å²) < 4.78 is 0. The van der Waals surface area contributed by atoms with Crippen LogP contribution in [-0.4, -0.2) is 53.7 Å². The molecule has 2 amide bonds. The standard InChI is InChI=1S/C18H33N3O3/c1-4-21(12-16(22)23)15-9-14(10-15)20-17(24)19-11-13-5-7-18(2,3)8-6-13/h13-15H,4-12H2,1-3H3,(H,22,23)(H2,19,20,24). The van der Waals surface area contributed by atoms with Crippen LogP contribution in [0.3, 0.4) is 0 Å². The van der Waals surface area contributed by atoms with Crippen LogP contribution in [0.4, 0.5) is 4.79 Å². The van der Waals surface area contributed by atoms with E-state index in [-0.39, 0.29) is 24.7 Å². The fourth-order valence-electron chi connectivity index (χ4n) is 3.81. The second-order valence-corrected chi connectivity index (χ2v) is 8.24. The van der Waals surface area contributed by atoms with E-state index in [0.717, 1.165) is 25.9 Å². The number of rotatable bonds is 7. The first-order valence-electron chi connectivity index (χ1n) is 9.29. The highest BCUT2D eigenvalue weighted by Gasteiger charge is 2.34. The maximum atomic E-state index is 12.0. The van der Waals surface area contributed by atoms with Crippen LogP contribution in [-0.2, 0) is 4.79 Å². The molecule has 6 heteroatoms. The van der Waals surface area contributed by atoms with Gasteiger partial charge in [-0.05, 0) is 56.4 Å². The first-order chi connectivity index (χ1) is 11.3. The Kier molecular flexibility index (Phi) is 6.49. The Morgan fingerprint density at radius 1 is 1.21 bits per heavy atom. The molecule has 6 nitrogen and oxygen atoms in total. The molecule has 3 N–H and O–H groups in total. The highest BCUT2D eigenvalue weighted by Crippen LogP contribution is 2.37. The second-order valence-electron chi connectivity index (χ2n) is 8.24. The number of carbonyl (C=O) groups excluding carboxylic acids is 1. The predicted octanol–water partition coefficient (Wildman–Crippen LogP) is 2.44. The van der Waals surface area contributed by atoms with Gasteiger partial charge in [0, 0.05) is 18.6 Å². The number of aliphatic carboxylic acids is 1. The molecule has 2 fully saturated rings. The normalized spacial score (nSPS) is 26.7. The molecule has 138 valence electrons. The number of nitrogens with zero attached hydrogens (tertiary/aromatic N) is 1. The van der Waals surface area contributed by atoms with Crippen molar-refractivity contribution in [1.82, 2.24) is 15.5 Å². The summed E-state index contributed by atoms with van der Waals surface area (Å²) in [5.41, 5.74) is 0.459. The minimum Gasteiger partial charge on any atom is -0.480 e. The third kappa shape index (κ3) is 5.65. The summed E-state index contributed by atoms with van der Waals surface area (Å²) in [6, 6.07) is 0.365. The van der Waals surface area contributed by atoms with Crippen molar-refractivity contribution < 1.29 is 14.7 Å². The van der Waals surface area contributed by atoms with E-state index in [1.807, 2.05) is 11.8 Å². The Bertz CT molecular complexity index is 437. The molecule has 0 aromatic heterocycles. The van der Waals surface area contributed by atoms with E-state index in [0.29, 0.717) is 11.3 Å². The minimum atomic E-state index is -0.790. The SMILES string of the molecule is CCN(CC(=O)O)C1CC(NC(=O)NCC2CCC(C)(C)CC2)C1. The average molecular weight is 339 g/mol. The molecule has 0 heterocycles. The maximum Gasteiger partial charge on any atom is 0.317 e. The lowest BCUT2D eigenvalue weighted by Crippen LogP contribution is -2.56. The Labute approximate surface area is 145 Å². The van der Waals surface area contributed by atoms with Gasteiger partial charge in [0.2, 0.25) is 0 Å². The number of nitrogens with one attached hydrogen (secondary N) is 2. The molecule has 2 rings (SSSR count). The zero-order valence-electron chi connectivity index (χ0n) is 15.3. The summed E-state index contributed by atoms with van der Waals surface area (Å²) in [5, 5.41) is 14.9. The monoisotopic (exact) mass is 339 g/mol. The summed E-state index contributed by atoms with van der Waals surface area (Å²) in [7, 11) is 0. The number of hydrogen-bond donors (Lipinski definition) is 3. The number of urea groups is 1. The van der Waals surface area contributed by atoms with Gasteiger partial charge < -0.3 is 15.7 Å². The van der Waals surface area contributed by atoms with Crippen LogP contribution in [0.5, 0.6) is 0 Å². The van der Waals surface area contributed by atoms with Gasteiger partial charge in [0.15, 0.2) is 0 Å². The Morgan fingerprint density at radius 2 is 1.83 bits per heavy atom. The van der Waals surface area contributed by atoms with E-state index in [2.05, 4.69) is 24.5 Å². The van der Waals surface area contributed by atoms with Crippen molar-refractivity contribution in [3.8, 4) is 0 Å². The molecule has 0 unspecified atom stereocenters. The number of amides is 2. The van der Waals surface area contributed by atoms with Crippen LogP contribution in [0.2, 0.25) is 0 Å². The van der Waals surface area contributed by atoms with E-state index in [9.17, 15) is 9.59 Å². The number of carbonyl (C=O) groups is 2. The zero-order chi connectivity index (χ0) is 17.7. The second kappa shape index (κ2) is 8.19. The zero-order valence-corrected chi connectivity index (χ0v) is 15.3. The molecule has 0 radical (unpaired) electrons. The Morgan fingerprint density at radius 3 is 2.38 bits per heavy atom. The molecule has 0 atom stereocenters. The van der Waals surface area contributed by atoms with Gasteiger partial charge in [0.25, 0.3) is 0 Å². The van der Waals surface area contributed by atoms with Crippen molar-refractivity contribution in [2.75, 3.05) is 19.6 Å². The van der Waals surface area contributed by atoms with Gasteiger partial charge in [-0.15, -0.1) is 0 Å². The minimum absolute atomic E-state index is 0.0791. The molecule has 0 bridgehead atoms. The number of carboxylic acid groups (broad SMARTS) is 1. The topological polar surface area (TPSA) is 81.7 Å². The predicted molar refractivity (Wildman–Crippen MR) is 94.0 cm³/mol. The third-order valence-electron chi connectivity index (χ3n) is 5.72. The fourth-order valence-corrected chi connectivity index (χ4v) is 3.81. The fraction of sp³-hybridized carbons (Fsp3) is 0.889. The molecule has 0 aromatic rings. The van der Waals surface area contributed by atoms with Crippen LogP contribution >= 0.6 is 0 Å². The van der Waals surface area contributed by atoms with Gasteiger partial charge in [-0.3, -0.25) is 9.69 Å². The molecule has 0 aromatic carbocycles. The highest BCUT2D eigenvalue weighted by molar-refractivity contribution is 5.74. The van der Waals surface area contributed by atoms with Gasteiger partial charge >= 0.3 is 12.0 Å². The third-order valence-corrected chi connectivity index (χ3v) is 5.72. The Hall–Kier alpha value is -1.30. The molecule has 2 saturated carbocycles. The molecule has 24 heavy (non-hydrogen) atoms.